The fourth-order valence-corrected chi connectivity index (χ4v) is 3.63. The minimum atomic E-state index is -4.59. The predicted octanol–water partition coefficient (Wildman–Crippen LogP) is 4.83. The van der Waals surface area contributed by atoms with Gasteiger partial charge >= 0.3 is 6.18 Å². The number of hydrogen-bond donors (Lipinski definition) is 1. The van der Waals surface area contributed by atoms with E-state index in [9.17, 15) is 18.4 Å². The van der Waals surface area contributed by atoms with E-state index >= 15 is 0 Å². The Balaban J connectivity index is 2.19. The number of rotatable bonds is 5. The van der Waals surface area contributed by atoms with Crippen LogP contribution in [0.1, 0.15) is 23.6 Å². The Bertz CT molecular complexity index is 1190. The van der Waals surface area contributed by atoms with E-state index in [-0.39, 0.29) is 22.7 Å². The first-order valence-electron chi connectivity index (χ1n) is 8.63. The number of thiocarbonyl (C=S) groups is 1. The highest BCUT2D eigenvalue weighted by Gasteiger charge is 2.37. The third kappa shape index (κ3) is 3.93. The molecule has 0 bridgehead atoms. The molecule has 30 heavy (non-hydrogen) atoms. The van der Waals surface area contributed by atoms with E-state index in [1.165, 1.54) is 24.8 Å². The minimum absolute atomic E-state index is 0.0620. The van der Waals surface area contributed by atoms with Crippen LogP contribution in [0.25, 0.3) is 10.9 Å². The van der Waals surface area contributed by atoms with Gasteiger partial charge in [0.05, 0.1) is 41.6 Å². The zero-order valence-corrected chi connectivity index (χ0v) is 17.5. The number of benzene rings is 2. The summed E-state index contributed by atoms with van der Waals surface area (Å²) in [5.74, 6) is 0.331. The second-order valence-electron chi connectivity index (χ2n) is 6.89. The number of aromatic nitrogens is 2. The molecule has 5 nitrogen and oxygen atoms in total. The maximum Gasteiger partial charge on any atom is 0.416 e. The van der Waals surface area contributed by atoms with E-state index < -0.39 is 17.2 Å². The molecular weight excluding hydrogens is 437 g/mol. The standard InChI is InChI=1S/C20H16ClF3N4OS/c1-19(9-25,15-7-11(20(22,23)24)3-5-13(15)17(26)30)10-28-18(29-2)14-8-12(21)4-6-16(14)27-28/h3-8H,10H2,1-2H3,(H2,26,30). The van der Waals surface area contributed by atoms with Gasteiger partial charge in [0.25, 0.3) is 0 Å². The van der Waals surface area contributed by atoms with Crippen LogP contribution >= 0.6 is 23.8 Å². The first-order chi connectivity index (χ1) is 14.0. The number of halogens is 4. The van der Waals surface area contributed by atoms with Crippen molar-refractivity contribution < 1.29 is 17.9 Å². The minimum Gasteiger partial charge on any atom is -0.481 e. The first kappa shape index (κ1) is 21.9. The molecule has 0 aliphatic carbocycles. The van der Waals surface area contributed by atoms with E-state index in [0.29, 0.717) is 21.8 Å². The monoisotopic (exact) mass is 452 g/mol. The number of methoxy groups -OCH3 is 1. The molecule has 2 aromatic carbocycles. The van der Waals surface area contributed by atoms with Gasteiger partial charge in [-0.05, 0) is 42.8 Å². The van der Waals surface area contributed by atoms with Crippen LogP contribution in [0.2, 0.25) is 5.02 Å². The third-order valence-electron chi connectivity index (χ3n) is 4.76. The molecule has 1 heterocycles. The number of ether oxygens (including phenoxy) is 1. The van der Waals surface area contributed by atoms with E-state index in [4.69, 9.17) is 34.3 Å². The van der Waals surface area contributed by atoms with Gasteiger partial charge in [-0.15, -0.1) is 0 Å². The summed E-state index contributed by atoms with van der Waals surface area (Å²) in [5.41, 5.74) is 4.21. The number of nitrogens with two attached hydrogens (primary N) is 1. The van der Waals surface area contributed by atoms with E-state index in [2.05, 4.69) is 11.2 Å². The maximum absolute atomic E-state index is 13.3. The average molecular weight is 453 g/mol. The molecule has 3 rings (SSSR count). The van der Waals surface area contributed by atoms with Crippen molar-refractivity contribution >= 4 is 39.7 Å². The van der Waals surface area contributed by atoms with Crippen molar-refractivity contribution in [1.29, 1.82) is 5.26 Å². The van der Waals surface area contributed by atoms with Gasteiger partial charge < -0.3 is 10.5 Å². The van der Waals surface area contributed by atoms with Crippen molar-refractivity contribution in [1.82, 2.24) is 9.78 Å². The third-order valence-corrected chi connectivity index (χ3v) is 5.22. The molecule has 0 aliphatic rings. The summed E-state index contributed by atoms with van der Waals surface area (Å²) >= 11 is 11.1. The van der Waals surface area contributed by atoms with Crippen LogP contribution in [-0.2, 0) is 18.1 Å². The number of nitrogens with zero attached hydrogens (tertiary/aromatic N) is 3. The summed E-state index contributed by atoms with van der Waals surface area (Å²) in [7, 11) is 1.43. The molecule has 156 valence electrons. The summed E-state index contributed by atoms with van der Waals surface area (Å²) in [4.78, 5) is -0.107. The van der Waals surface area contributed by atoms with Crippen LogP contribution in [-0.4, -0.2) is 21.9 Å². The second-order valence-corrected chi connectivity index (χ2v) is 7.77. The van der Waals surface area contributed by atoms with Gasteiger partial charge in [-0.2, -0.15) is 23.5 Å². The molecule has 0 radical (unpaired) electrons. The van der Waals surface area contributed by atoms with Crippen LogP contribution in [0.15, 0.2) is 36.4 Å². The van der Waals surface area contributed by atoms with Crippen LogP contribution in [0, 0.1) is 11.3 Å². The highest BCUT2D eigenvalue weighted by atomic mass is 35.5. The van der Waals surface area contributed by atoms with Crippen LogP contribution < -0.4 is 10.5 Å². The molecule has 0 fully saturated rings. The van der Waals surface area contributed by atoms with Crippen LogP contribution in [0.4, 0.5) is 13.2 Å². The fourth-order valence-electron chi connectivity index (χ4n) is 3.28. The van der Waals surface area contributed by atoms with Crippen molar-refractivity contribution in [3.05, 3.63) is 58.1 Å². The summed E-state index contributed by atoms with van der Waals surface area (Å²) in [6.45, 7) is 1.40. The Morgan fingerprint density at radius 2 is 2.00 bits per heavy atom. The summed E-state index contributed by atoms with van der Waals surface area (Å²) < 4.78 is 46.8. The largest absolute Gasteiger partial charge is 0.481 e. The summed E-state index contributed by atoms with van der Waals surface area (Å²) in [6, 6.07) is 10.1. The Labute approximate surface area is 180 Å². The highest BCUT2D eigenvalue weighted by Crippen LogP contribution is 2.37. The SMILES string of the molecule is COc1c2cc(Cl)ccc2nn1CC(C)(C#N)c1cc(C(F)(F)F)ccc1C(N)=S. The van der Waals surface area contributed by atoms with Gasteiger partial charge in [-0.3, -0.25) is 0 Å². The number of alkyl halides is 3. The predicted molar refractivity (Wildman–Crippen MR) is 112 cm³/mol. The quantitative estimate of drug-likeness (QED) is 0.561. The van der Waals surface area contributed by atoms with E-state index in [1.807, 2.05) is 0 Å². The molecule has 0 saturated carbocycles. The molecule has 0 aliphatic heterocycles. The van der Waals surface area contributed by atoms with Crippen molar-refractivity contribution in [2.24, 2.45) is 5.73 Å². The average Bonchev–Trinajstić information content (AvgIpc) is 3.02. The molecule has 0 spiro atoms. The normalized spacial score (nSPS) is 13.6. The van der Waals surface area contributed by atoms with Crippen molar-refractivity contribution in [3.63, 3.8) is 0 Å². The Morgan fingerprint density at radius 1 is 1.30 bits per heavy atom. The molecule has 2 N–H and O–H groups in total. The van der Waals surface area contributed by atoms with Gasteiger partial charge in [0.1, 0.15) is 4.99 Å². The first-order valence-corrected chi connectivity index (χ1v) is 9.41. The lowest BCUT2D eigenvalue weighted by atomic mass is 9.80. The lowest BCUT2D eigenvalue weighted by molar-refractivity contribution is -0.137. The Morgan fingerprint density at radius 3 is 2.57 bits per heavy atom. The molecule has 1 atom stereocenters. The zero-order valence-electron chi connectivity index (χ0n) is 15.9. The second kappa shape index (κ2) is 7.78. The smallest absolute Gasteiger partial charge is 0.416 e. The van der Waals surface area contributed by atoms with Crippen molar-refractivity contribution in [3.8, 4) is 11.9 Å². The van der Waals surface area contributed by atoms with Gasteiger partial charge in [0, 0.05) is 10.6 Å². The number of fused-ring (bicyclic) bond motifs is 1. The van der Waals surface area contributed by atoms with E-state index in [0.717, 1.165) is 12.1 Å². The highest BCUT2D eigenvalue weighted by molar-refractivity contribution is 7.80. The molecule has 0 amide bonds. The molecule has 1 unspecified atom stereocenters. The lowest BCUT2D eigenvalue weighted by Gasteiger charge is -2.26. The number of hydrogen-bond acceptors (Lipinski definition) is 4. The summed E-state index contributed by atoms with van der Waals surface area (Å²) in [6.07, 6.45) is -4.59. The number of nitriles is 1. The van der Waals surface area contributed by atoms with Gasteiger partial charge in [-0.1, -0.05) is 29.9 Å². The molecule has 3 aromatic rings. The van der Waals surface area contributed by atoms with Gasteiger partial charge in [-0.25, -0.2) is 4.68 Å². The molecule has 1 aromatic heterocycles. The topological polar surface area (TPSA) is 76.9 Å². The summed E-state index contributed by atoms with van der Waals surface area (Å²) in [5, 5.41) is 15.5. The van der Waals surface area contributed by atoms with Crippen LogP contribution in [0.3, 0.4) is 0 Å². The van der Waals surface area contributed by atoms with E-state index in [1.54, 1.807) is 18.2 Å². The lowest BCUT2D eigenvalue weighted by Crippen LogP contribution is -2.31. The zero-order chi connectivity index (χ0) is 22.3. The molecule has 0 saturated heterocycles. The molecule has 10 heteroatoms. The van der Waals surface area contributed by atoms with Crippen molar-refractivity contribution in [2.75, 3.05) is 7.11 Å². The van der Waals surface area contributed by atoms with Crippen LogP contribution in [0.5, 0.6) is 5.88 Å². The maximum atomic E-state index is 13.3. The van der Waals surface area contributed by atoms with Gasteiger partial charge in [0.2, 0.25) is 5.88 Å². The molecular formula is C20H16ClF3N4OS. The Kier molecular flexibility index (Phi) is 5.67. The fraction of sp³-hybridized carbons (Fsp3) is 0.250. The van der Waals surface area contributed by atoms with Crippen molar-refractivity contribution in [2.45, 2.75) is 25.1 Å². The Hall–Kier alpha value is -2.83. The van der Waals surface area contributed by atoms with Gasteiger partial charge in [0.15, 0.2) is 0 Å².